The van der Waals surface area contributed by atoms with Gasteiger partial charge in [-0.1, -0.05) is 23.8 Å². The summed E-state index contributed by atoms with van der Waals surface area (Å²) in [4.78, 5) is 11.0. The number of aryl methyl sites for hydroxylation is 2. The lowest BCUT2D eigenvalue weighted by atomic mass is 10.2. The molecule has 0 N–H and O–H groups in total. The van der Waals surface area contributed by atoms with Crippen LogP contribution in [0.4, 0.5) is 10.1 Å². The molecule has 5 heteroatoms. The maximum atomic E-state index is 13.5. The Morgan fingerprint density at radius 3 is 2.60 bits per heavy atom. The second-order valence-electron chi connectivity index (χ2n) is 4.60. The highest BCUT2D eigenvalue weighted by Crippen LogP contribution is 2.28. The monoisotopic (exact) mass is 291 g/mol. The summed E-state index contributed by atoms with van der Waals surface area (Å²) in [6, 6.07) is 10.2. The molecule has 0 bridgehead atoms. The van der Waals surface area contributed by atoms with Gasteiger partial charge in [-0.05, 0) is 37.1 Å². The summed E-state index contributed by atoms with van der Waals surface area (Å²) < 4.78 is 13.5. The van der Waals surface area contributed by atoms with Crippen LogP contribution in [-0.2, 0) is 5.75 Å². The first-order chi connectivity index (χ1) is 9.47. The number of thioether (sulfide) groups is 1. The zero-order valence-electron chi connectivity index (χ0n) is 11.2. The summed E-state index contributed by atoms with van der Waals surface area (Å²) >= 11 is 1.60. The fraction of sp³-hybridized carbons (Fsp3) is 0.200. The predicted molar refractivity (Wildman–Crippen MR) is 78.5 cm³/mol. The molecule has 2 rings (SSSR count). The molecule has 0 aromatic heterocycles. The molecule has 2 aromatic carbocycles. The molecule has 0 heterocycles. The van der Waals surface area contributed by atoms with Gasteiger partial charge in [0.1, 0.15) is 0 Å². The predicted octanol–water partition coefficient (Wildman–Crippen LogP) is 4.64. The van der Waals surface area contributed by atoms with Crippen LogP contribution in [0.25, 0.3) is 0 Å². The van der Waals surface area contributed by atoms with E-state index in [2.05, 4.69) is 6.07 Å². The Morgan fingerprint density at radius 2 is 1.95 bits per heavy atom. The van der Waals surface area contributed by atoms with Gasteiger partial charge in [0.2, 0.25) is 5.82 Å². The normalized spacial score (nSPS) is 10.6. The van der Waals surface area contributed by atoms with Crippen molar-refractivity contribution in [2.75, 3.05) is 0 Å². The third-order valence-corrected chi connectivity index (χ3v) is 4.18. The van der Waals surface area contributed by atoms with Crippen molar-refractivity contribution in [2.24, 2.45) is 0 Å². The van der Waals surface area contributed by atoms with Crippen molar-refractivity contribution >= 4 is 17.4 Å². The van der Waals surface area contributed by atoms with Gasteiger partial charge in [0.25, 0.3) is 0 Å². The van der Waals surface area contributed by atoms with E-state index in [1.54, 1.807) is 17.8 Å². The molecule has 0 spiro atoms. The second kappa shape index (κ2) is 6.05. The Labute approximate surface area is 121 Å². The molecular formula is C15H14FNO2S. The van der Waals surface area contributed by atoms with Crippen LogP contribution in [0.15, 0.2) is 41.3 Å². The van der Waals surface area contributed by atoms with Crippen molar-refractivity contribution < 1.29 is 9.31 Å². The molecule has 0 atom stereocenters. The fourth-order valence-corrected chi connectivity index (χ4v) is 2.88. The number of benzene rings is 2. The smallest absolute Gasteiger partial charge is 0.258 e. The van der Waals surface area contributed by atoms with E-state index >= 15 is 0 Å². The maximum absolute atomic E-state index is 13.5. The highest BCUT2D eigenvalue weighted by molar-refractivity contribution is 7.98. The molecule has 0 aliphatic carbocycles. The van der Waals surface area contributed by atoms with Gasteiger partial charge >= 0.3 is 5.69 Å². The minimum atomic E-state index is -0.783. The molecule has 0 saturated carbocycles. The molecule has 0 aliphatic rings. The summed E-state index contributed by atoms with van der Waals surface area (Å²) in [5.74, 6) is -0.201. The molecular weight excluding hydrogens is 277 g/mol. The summed E-state index contributed by atoms with van der Waals surface area (Å²) in [6.07, 6.45) is 0. The Balaban J connectivity index is 2.13. The Morgan fingerprint density at radius 1 is 1.20 bits per heavy atom. The topological polar surface area (TPSA) is 43.1 Å². The zero-order valence-corrected chi connectivity index (χ0v) is 12.0. The van der Waals surface area contributed by atoms with Crippen molar-refractivity contribution in [2.45, 2.75) is 24.5 Å². The minimum absolute atomic E-state index is 0.481. The van der Waals surface area contributed by atoms with E-state index < -0.39 is 16.4 Å². The number of hydrogen-bond donors (Lipinski definition) is 0. The van der Waals surface area contributed by atoms with E-state index in [-0.39, 0.29) is 0 Å². The SMILES string of the molecule is Cc1ccc(C)c(SCc2ccc([N+](=O)[O-])c(F)c2)c1. The lowest BCUT2D eigenvalue weighted by molar-refractivity contribution is -0.387. The highest BCUT2D eigenvalue weighted by atomic mass is 32.2. The largest absolute Gasteiger partial charge is 0.304 e. The molecule has 0 amide bonds. The van der Waals surface area contributed by atoms with Gasteiger partial charge < -0.3 is 0 Å². The van der Waals surface area contributed by atoms with Gasteiger partial charge in [-0.25, -0.2) is 0 Å². The third-order valence-electron chi connectivity index (χ3n) is 2.95. The lowest BCUT2D eigenvalue weighted by Gasteiger charge is -2.07. The van der Waals surface area contributed by atoms with E-state index in [0.717, 1.165) is 10.5 Å². The number of hydrogen-bond acceptors (Lipinski definition) is 3. The molecule has 3 nitrogen and oxygen atoms in total. The standard InChI is InChI=1S/C15H14FNO2S/c1-10-3-4-11(2)15(7-10)20-9-12-5-6-14(17(18)19)13(16)8-12/h3-8H,9H2,1-2H3. The van der Waals surface area contributed by atoms with Crippen LogP contribution in [0.1, 0.15) is 16.7 Å². The van der Waals surface area contributed by atoms with E-state index in [1.807, 2.05) is 26.0 Å². The molecule has 104 valence electrons. The highest BCUT2D eigenvalue weighted by Gasteiger charge is 2.13. The molecule has 2 aromatic rings. The number of nitrogens with zero attached hydrogens (tertiary/aromatic N) is 1. The van der Waals surface area contributed by atoms with Crippen molar-refractivity contribution in [3.05, 3.63) is 69.0 Å². The molecule has 0 radical (unpaired) electrons. The average molecular weight is 291 g/mol. The number of halogens is 1. The third kappa shape index (κ3) is 3.36. The Hall–Kier alpha value is -1.88. The van der Waals surface area contributed by atoms with Gasteiger partial charge in [0, 0.05) is 16.7 Å². The zero-order chi connectivity index (χ0) is 14.7. The molecule has 0 unspecified atom stereocenters. The Bertz CT molecular complexity index is 658. The first-order valence-corrected chi connectivity index (χ1v) is 7.09. The van der Waals surface area contributed by atoms with E-state index in [0.29, 0.717) is 5.75 Å². The lowest BCUT2D eigenvalue weighted by Crippen LogP contribution is -1.93. The van der Waals surface area contributed by atoms with Gasteiger partial charge in [-0.15, -0.1) is 11.8 Å². The van der Waals surface area contributed by atoms with E-state index in [4.69, 9.17) is 0 Å². The van der Waals surface area contributed by atoms with Crippen LogP contribution in [0.3, 0.4) is 0 Å². The van der Waals surface area contributed by atoms with Crippen LogP contribution in [0.2, 0.25) is 0 Å². The second-order valence-corrected chi connectivity index (χ2v) is 5.62. The minimum Gasteiger partial charge on any atom is -0.258 e. The summed E-state index contributed by atoms with van der Waals surface area (Å²) in [5.41, 5.74) is 2.60. The molecule has 0 aliphatic heterocycles. The Kier molecular flexibility index (Phi) is 4.39. The maximum Gasteiger partial charge on any atom is 0.304 e. The van der Waals surface area contributed by atoms with Crippen molar-refractivity contribution in [3.63, 3.8) is 0 Å². The van der Waals surface area contributed by atoms with Crippen LogP contribution < -0.4 is 0 Å². The molecule has 20 heavy (non-hydrogen) atoms. The van der Waals surface area contributed by atoms with Crippen molar-refractivity contribution in [1.82, 2.24) is 0 Å². The van der Waals surface area contributed by atoms with Crippen LogP contribution in [0, 0.1) is 29.8 Å². The first-order valence-electron chi connectivity index (χ1n) is 6.10. The average Bonchev–Trinajstić information content (AvgIpc) is 2.39. The number of rotatable bonds is 4. The quantitative estimate of drug-likeness (QED) is 0.468. The summed E-state index contributed by atoms with van der Waals surface area (Å²) in [7, 11) is 0. The number of nitro benzene ring substituents is 1. The summed E-state index contributed by atoms with van der Waals surface area (Å²) in [6.45, 7) is 4.05. The number of nitro groups is 1. The van der Waals surface area contributed by atoms with Gasteiger partial charge in [-0.3, -0.25) is 10.1 Å². The van der Waals surface area contributed by atoms with Crippen molar-refractivity contribution in [1.29, 1.82) is 0 Å². The van der Waals surface area contributed by atoms with Gasteiger partial charge in [-0.2, -0.15) is 4.39 Å². The van der Waals surface area contributed by atoms with Crippen molar-refractivity contribution in [3.8, 4) is 0 Å². The van der Waals surface area contributed by atoms with Gasteiger partial charge in [0.15, 0.2) is 0 Å². The van der Waals surface area contributed by atoms with Gasteiger partial charge in [0.05, 0.1) is 4.92 Å². The fourth-order valence-electron chi connectivity index (χ4n) is 1.81. The van der Waals surface area contributed by atoms with E-state index in [1.165, 1.54) is 23.3 Å². The summed E-state index contributed by atoms with van der Waals surface area (Å²) in [5, 5.41) is 10.6. The molecule has 0 saturated heterocycles. The van der Waals surface area contributed by atoms with Crippen LogP contribution in [-0.4, -0.2) is 4.92 Å². The molecule has 0 fully saturated rings. The van der Waals surface area contributed by atoms with E-state index in [9.17, 15) is 14.5 Å². The first kappa shape index (κ1) is 14.5. The van der Waals surface area contributed by atoms with Crippen LogP contribution >= 0.6 is 11.8 Å². The van der Waals surface area contributed by atoms with Crippen LogP contribution in [0.5, 0.6) is 0 Å².